The van der Waals surface area contributed by atoms with Crippen molar-refractivity contribution in [3.63, 3.8) is 0 Å². The molecule has 2 aromatic rings. The predicted molar refractivity (Wildman–Crippen MR) is 103 cm³/mol. The highest BCUT2D eigenvalue weighted by Gasteiger charge is 2.14. The molecular formula is C21H23NO5. The maximum Gasteiger partial charge on any atom is 0.352 e. The van der Waals surface area contributed by atoms with Crippen molar-refractivity contribution >= 4 is 18.0 Å². The van der Waals surface area contributed by atoms with Crippen molar-refractivity contribution in [1.82, 2.24) is 5.32 Å². The fraction of sp³-hybridized carbons (Fsp3) is 0.238. The number of carboxylic acids is 1. The first kappa shape index (κ1) is 20.0. The summed E-state index contributed by atoms with van der Waals surface area (Å²) in [6.07, 6.45) is 3.33. The number of hydrogen-bond acceptors (Lipinski definition) is 4. The predicted octanol–water partition coefficient (Wildman–Crippen LogP) is 3.73. The molecule has 0 fully saturated rings. The third-order valence-corrected chi connectivity index (χ3v) is 3.77. The van der Waals surface area contributed by atoms with Crippen LogP contribution >= 0.6 is 0 Å². The zero-order valence-corrected chi connectivity index (χ0v) is 15.4. The SMILES string of the molecule is CCCCOc1ccc(/C=C(/NC(=O)c2ccccc2)C(=O)O)cc1OC. The second-order valence-corrected chi connectivity index (χ2v) is 5.80. The highest BCUT2D eigenvalue weighted by Crippen LogP contribution is 2.29. The summed E-state index contributed by atoms with van der Waals surface area (Å²) in [7, 11) is 1.52. The lowest BCUT2D eigenvalue weighted by molar-refractivity contribution is -0.132. The van der Waals surface area contributed by atoms with E-state index in [4.69, 9.17) is 9.47 Å². The van der Waals surface area contributed by atoms with Gasteiger partial charge in [0.2, 0.25) is 0 Å². The van der Waals surface area contributed by atoms with E-state index in [2.05, 4.69) is 12.2 Å². The molecule has 0 radical (unpaired) electrons. The first-order chi connectivity index (χ1) is 13.0. The van der Waals surface area contributed by atoms with Gasteiger partial charge >= 0.3 is 5.97 Å². The van der Waals surface area contributed by atoms with Crippen LogP contribution < -0.4 is 14.8 Å². The zero-order valence-electron chi connectivity index (χ0n) is 15.4. The van der Waals surface area contributed by atoms with E-state index in [-0.39, 0.29) is 5.70 Å². The van der Waals surface area contributed by atoms with E-state index in [1.807, 2.05) is 0 Å². The summed E-state index contributed by atoms with van der Waals surface area (Å²) < 4.78 is 11.0. The van der Waals surface area contributed by atoms with Crippen molar-refractivity contribution in [2.24, 2.45) is 0 Å². The second-order valence-electron chi connectivity index (χ2n) is 5.80. The van der Waals surface area contributed by atoms with Gasteiger partial charge in [0.1, 0.15) is 5.70 Å². The lowest BCUT2D eigenvalue weighted by atomic mass is 10.1. The van der Waals surface area contributed by atoms with Gasteiger partial charge in [-0.05, 0) is 42.3 Å². The largest absolute Gasteiger partial charge is 0.493 e. The molecule has 0 spiro atoms. The van der Waals surface area contributed by atoms with Crippen molar-refractivity contribution in [2.75, 3.05) is 13.7 Å². The van der Waals surface area contributed by atoms with Gasteiger partial charge in [0.05, 0.1) is 13.7 Å². The minimum absolute atomic E-state index is 0.231. The average Bonchev–Trinajstić information content (AvgIpc) is 2.69. The van der Waals surface area contributed by atoms with Crippen molar-refractivity contribution in [2.45, 2.75) is 19.8 Å². The smallest absolute Gasteiger partial charge is 0.352 e. The van der Waals surface area contributed by atoms with Gasteiger partial charge in [0, 0.05) is 5.56 Å². The zero-order chi connectivity index (χ0) is 19.6. The molecule has 2 aromatic carbocycles. The first-order valence-corrected chi connectivity index (χ1v) is 8.67. The molecule has 6 heteroatoms. The lowest BCUT2D eigenvalue weighted by Crippen LogP contribution is -2.27. The lowest BCUT2D eigenvalue weighted by Gasteiger charge is -2.11. The van der Waals surface area contributed by atoms with Crippen molar-refractivity contribution in [1.29, 1.82) is 0 Å². The van der Waals surface area contributed by atoms with Crippen molar-refractivity contribution < 1.29 is 24.2 Å². The van der Waals surface area contributed by atoms with E-state index in [0.717, 1.165) is 12.8 Å². The van der Waals surface area contributed by atoms with Crippen LogP contribution in [0.2, 0.25) is 0 Å². The molecule has 0 aliphatic heterocycles. The number of hydrogen-bond donors (Lipinski definition) is 2. The molecule has 142 valence electrons. The monoisotopic (exact) mass is 369 g/mol. The molecule has 0 atom stereocenters. The summed E-state index contributed by atoms with van der Waals surface area (Å²) in [5, 5.41) is 11.8. The fourth-order valence-electron chi connectivity index (χ4n) is 2.32. The number of amides is 1. The van der Waals surface area contributed by atoms with Gasteiger partial charge in [-0.1, -0.05) is 37.6 Å². The van der Waals surface area contributed by atoms with E-state index < -0.39 is 11.9 Å². The van der Waals surface area contributed by atoms with Crippen LogP contribution in [0.4, 0.5) is 0 Å². The molecule has 0 aliphatic rings. The van der Waals surface area contributed by atoms with E-state index in [0.29, 0.717) is 29.2 Å². The molecule has 2 N–H and O–H groups in total. The maximum atomic E-state index is 12.2. The molecule has 1 amide bonds. The van der Waals surface area contributed by atoms with Crippen LogP contribution in [0.1, 0.15) is 35.7 Å². The fourth-order valence-corrected chi connectivity index (χ4v) is 2.32. The number of carboxylic acid groups (broad SMARTS) is 1. The average molecular weight is 369 g/mol. The number of unbranched alkanes of at least 4 members (excludes halogenated alkanes) is 1. The third kappa shape index (κ3) is 5.88. The van der Waals surface area contributed by atoms with E-state index in [1.165, 1.54) is 13.2 Å². The minimum atomic E-state index is -1.23. The van der Waals surface area contributed by atoms with Crippen LogP contribution in [0.5, 0.6) is 11.5 Å². The Balaban J connectivity index is 2.21. The van der Waals surface area contributed by atoms with Crippen LogP contribution in [0, 0.1) is 0 Å². The number of rotatable bonds is 9. The van der Waals surface area contributed by atoms with Crippen LogP contribution in [-0.4, -0.2) is 30.7 Å². The summed E-state index contributed by atoms with van der Waals surface area (Å²) in [6, 6.07) is 13.5. The highest BCUT2D eigenvalue weighted by atomic mass is 16.5. The Morgan fingerprint density at radius 1 is 1.11 bits per heavy atom. The van der Waals surface area contributed by atoms with E-state index >= 15 is 0 Å². The quantitative estimate of drug-likeness (QED) is 0.520. The second kappa shape index (κ2) is 10.0. The summed E-state index contributed by atoms with van der Waals surface area (Å²) in [5.74, 6) is -0.635. The molecule has 0 aliphatic carbocycles. The maximum absolute atomic E-state index is 12.2. The number of ether oxygens (including phenoxy) is 2. The van der Waals surface area contributed by atoms with Gasteiger partial charge in [0.15, 0.2) is 11.5 Å². The molecule has 0 saturated heterocycles. The Morgan fingerprint density at radius 2 is 1.85 bits per heavy atom. The normalized spacial score (nSPS) is 11.0. The van der Waals surface area contributed by atoms with Gasteiger partial charge < -0.3 is 19.9 Å². The summed E-state index contributed by atoms with van der Waals surface area (Å²) in [5.41, 5.74) is 0.716. The molecule has 6 nitrogen and oxygen atoms in total. The van der Waals surface area contributed by atoms with Crippen molar-refractivity contribution in [3.05, 3.63) is 65.4 Å². The molecular weight excluding hydrogens is 346 g/mol. The van der Waals surface area contributed by atoms with Crippen molar-refractivity contribution in [3.8, 4) is 11.5 Å². The topological polar surface area (TPSA) is 84.9 Å². The van der Waals surface area contributed by atoms with Crippen LogP contribution in [0.3, 0.4) is 0 Å². The molecule has 0 aromatic heterocycles. The Labute approximate surface area is 158 Å². The Bertz CT molecular complexity index is 815. The van der Waals surface area contributed by atoms with Gasteiger partial charge in [-0.2, -0.15) is 0 Å². The Kier molecular flexibility index (Phi) is 7.43. The van der Waals surface area contributed by atoms with Gasteiger partial charge in [-0.3, -0.25) is 4.79 Å². The number of nitrogens with one attached hydrogen (secondary N) is 1. The first-order valence-electron chi connectivity index (χ1n) is 8.67. The van der Waals surface area contributed by atoms with Gasteiger partial charge in [-0.15, -0.1) is 0 Å². The standard InChI is InChI=1S/C21H23NO5/c1-3-4-12-27-18-11-10-15(14-19(18)26-2)13-17(21(24)25)22-20(23)16-8-6-5-7-9-16/h5-11,13-14H,3-4,12H2,1-2H3,(H,22,23)(H,24,25)/b17-13+. The van der Waals surface area contributed by atoms with E-state index in [9.17, 15) is 14.7 Å². The number of methoxy groups -OCH3 is 1. The highest BCUT2D eigenvalue weighted by molar-refractivity contribution is 6.02. The summed E-state index contributed by atoms with van der Waals surface area (Å²) in [4.78, 5) is 23.7. The minimum Gasteiger partial charge on any atom is -0.493 e. The molecule has 0 bridgehead atoms. The van der Waals surface area contributed by atoms with Crippen LogP contribution in [0.15, 0.2) is 54.2 Å². The van der Waals surface area contributed by atoms with E-state index in [1.54, 1.807) is 48.5 Å². The Hall–Kier alpha value is -3.28. The number of benzene rings is 2. The van der Waals surface area contributed by atoms with Crippen LogP contribution in [-0.2, 0) is 4.79 Å². The summed E-state index contributed by atoms with van der Waals surface area (Å²) in [6.45, 7) is 2.65. The molecule has 2 rings (SSSR count). The number of aliphatic carboxylic acids is 1. The van der Waals surface area contributed by atoms with Gasteiger partial charge in [-0.25, -0.2) is 4.79 Å². The molecule has 0 saturated carbocycles. The van der Waals surface area contributed by atoms with Crippen LogP contribution in [0.25, 0.3) is 6.08 Å². The number of carbonyl (C=O) groups is 2. The number of carbonyl (C=O) groups excluding carboxylic acids is 1. The third-order valence-electron chi connectivity index (χ3n) is 3.77. The van der Waals surface area contributed by atoms with Gasteiger partial charge in [0.25, 0.3) is 5.91 Å². The molecule has 0 heterocycles. The molecule has 0 unspecified atom stereocenters. The molecule has 27 heavy (non-hydrogen) atoms. The summed E-state index contributed by atoms with van der Waals surface area (Å²) >= 11 is 0. The Morgan fingerprint density at radius 3 is 2.48 bits per heavy atom.